The highest BCUT2D eigenvalue weighted by atomic mass is 19.3. The second-order valence-electron chi connectivity index (χ2n) is 3.77. The molecule has 0 fully saturated rings. The second kappa shape index (κ2) is 4.56. The van der Waals surface area contributed by atoms with E-state index in [0.717, 1.165) is 0 Å². The van der Waals surface area contributed by atoms with E-state index in [9.17, 15) is 13.6 Å². The lowest BCUT2D eigenvalue weighted by Crippen LogP contribution is -2.31. The fraction of sp³-hybridized carbons (Fsp3) is 0.167. The first kappa shape index (κ1) is 12.2. The Labute approximate surface area is 101 Å². The second-order valence-corrected chi connectivity index (χ2v) is 3.77. The molecular formula is C12H10F2N2O2. The number of benzene rings is 1. The van der Waals surface area contributed by atoms with Gasteiger partial charge in [0.05, 0.1) is 5.69 Å². The summed E-state index contributed by atoms with van der Waals surface area (Å²) in [5, 5.41) is 12.4. The molecular weight excluding hydrogens is 242 g/mol. The molecule has 1 heterocycles. The van der Waals surface area contributed by atoms with E-state index in [4.69, 9.17) is 5.11 Å². The Morgan fingerprint density at radius 1 is 1.33 bits per heavy atom. The predicted molar refractivity (Wildman–Crippen MR) is 59.9 cm³/mol. The van der Waals surface area contributed by atoms with E-state index in [2.05, 4.69) is 5.10 Å². The number of carboxylic acid groups (broad SMARTS) is 1. The third-order valence-corrected chi connectivity index (χ3v) is 2.47. The number of carbonyl (C=O) groups is 1. The van der Waals surface area contributed by atoms with E-state index in [1.165, 1.54) is 16.9 Å². The lowest BCUT2D eigenvalue weighted by Gasteiger charge is -2.14. The van der Waals surface area contributed by atoms with Crippen molar-refractivity contribution in [3.8, 4) is 5.69 Å². The summed E-state index contributed by atoms with van der Waals surface area (Å²) in [5.41, 5.74) is 0.678. The first-order valence-electron chi connectivity index (χ1n) is 5.20. The zero-order valence-corrected chi connectivity index (χ0v) is 9.25. The van der Waals surface area contributed by atoms with Gasteiger partial charge < -0.3 is 5.11 Å². The first-order valence-corrected chi connectivity index (χ1v) is 5.20. The van der Waals surface area contributed by atoms with Crippen molar-refractivity contribution < 1.29 is 18.7 Å². The third-order valence-electron chi connectivity index (χ3n) is 2.47. The van der Waals surface area contributed by atoms with Gasteiger partial charge in [-0.3, -0.25) is 0 Å². The molecule has 1 aromatic carbocycles. The smallest absolute Gasteiger partial charge is 0.374 e. The predicted octanol–water partition coefficient (Wildman–Crippen LogP) is 2.13. The van der Waals surface area contributed by atoms with Crippen molar-refractivity contribution in [3.63, 3.8) is 0 Å². The lowest BCUT2D eigenvalue weighted by atomic mass is 10.1. The van der Waals surface area contributed by atoms with Crippen molar-refractivity contribution in [1.29, 1.82) is 0 Å². The number of carboxylic acids is 1. The SMILES string of the molecule is O=C(O)C(F)(F)Cc1ccccc1-n1cccn1. The summed E-state index contributed by atoms with van der Waals surface area (Å²) in [5.74, 6) is -5.92. The molecule has 2 rings (SSSR count). The minimum Gasteiger partial charge on any atom is -0.477 e. The van der Waals surface area contributed by atoms with Crippen molar-refractivity contribution in [2.24, 2.45) is 0 Å². The van der Waals surface area contributed by atoms with Crippen LogP contribution in [0.5, 0.6) is 0 Å². The number of alkyl halides is 2. The van der Waals surface area contributed by atoms with E-state index in [0.29, 0.717) is 5.69 Å². The minimum atomic E-state index is -3.79. The molecule has 0 aliphatic heterocycles. The molecule has 0 saturated heterocycles. The number of hydrogen-bond donors (Lipinski definition) is 1. The van der Waals surface area contributed by atoms with E-state index in [1.54, 1.807) is 30.5 Å². The Kier molecular flexibility index (Phi) is 3.10. The van der Waals surface area contributed by atoms with Gasteiger partial charge in [0.1, 0.15) is 0 Å². The first-order chi connectivity index (χ1) is 8.50. The summed E-state index contributed by atoms with van der Waals surface area (Å²) < 4.78 is 27.9. The molecule has 1 N–H and O–H groups in total. The Morgan fingerprint density at radius 2 is 2.06 bits per heavy atom. The number of halogens is 2. The van der Waals surface area contributed by atoms with Crippen LogP contribution in [0.1, 0.15) is 5.56 Å². The normalized spacial score (nSPS) is 11.4. The van der Waals surface area contributed by atoms with E-state index < -0.39 is 18.3 Å². The standard InChI is InChI=1S/C12H10F2N2O2/c13-12(14,11(17)18)8-9-4-1-2-5-10(9)16-7-3-6-15-16/h1-7H,8H2,(H,17,18). The highest BCUT2D eigenvalue weighted by Gasteiger charge is 2.39. The molecule has 0 unspecified atom stereocenters. The van der Waals surface area contributed by atoms with Crippen LogP contribution in [0.2, 0.25) is 0 Å². The van der Waals surface area contributed by atoms with Crippen molar-refractivity contribution in [1.82, 2.24) is 9.78 Å². The zero-order chi connectivity index (χ0) is 13.2. The van der Waals surface area contributed by atoms with Crippen LogP contribution >= 0.6 is 0 Å². The highest BCUT2D eigenvalue weighted by Crippen LogP contribution is 2.24. The average molecular weight is 252 g/mol. The number of aliphatic carboxylic acids is 1. The van der Waals surface area contributed by atoms with Crippen molar-refractivity contribution in [3.05, 3.63) is 48.3 Å². The van der Waals surface area contributed by atoms with Crippen LogP contribution in [0.15, 0.2) is 42.7 Å². The van der Waals surface area contributed by atoms with Crippen LogP contribution in [-0.4, -0.2) is 26.8 Å². The van der Waals surface area contributed by atoms with Gasteiger partial charge in [-0.1, -0.05) is 18.2 Å². The maximum absolute atomic E-state index is 13.2. The van der Waals surface area contributed by atoms with E-state index in [1.807, 2.05) is 0 Å². The fourth-order valence-electron chi connectivity index (χ4n) is 1.61. The van der Waals surface area contributed by atoms with Gasteiger partial charge in [0.25, 0.3) is 0 Å². The molecule has 0 aliphatic rings. The van der Waals surface area contributed by atoms with E-state index >= 15 is 0 Å². The Balaban J connectivity index is 2.38. The van der Waals surface area contributed by atoms with Gasteiger partial charge in [0.2, 0.25) is 0 Å². The quantitative estimate of drug-likeness (QED) is 0.906. The molecule has 18 heavy (non-hydrogen) atoms. The number of aromatic nitrogens is 2. The van der Waals surface area contributed by atoms with Gasteiger partial charge >= 0.3 is 11.9 Å². The summed E-state index contributed by atoms with van der Waals surface area (Å²) in [6.45, 7) is 0. The van der Waals surface area contributed by atoms with Gasteiger partial charge in [0.15, 0.2) is 0 Å². The molecule has 0 aliphatic carbocycles. The van der Waals surface area contributed by atoms with Crippen molar-refractivity contribution in [2.75, 3.05) is 0 Å². The maximum Gasteiger partial charge on any atom is 0.374 e. The van der Waals surface area contributed by atoms with Gasteiger partial charge in [-0.25, -0.2) is 9.48 Å². The van der Waals surface area contributed by atoms with Crippen LogP contribution in [0.4, 0.5) is 8.78 Å². The fourth-order valence-corrected chi connectivity index (χ4v) is 1.61. The Bertz CT molecular complexity index is 553. The maximum atomic E-state index is 13.2. The number of rotatable bonds is 4. The molecule has 0 radical (unpaired) electrons. The molecule has 1 aromatic heterocycles. The van der Waals surface area contributed by atoms with Gasteiger partial charge in [0, 0.05) is 18.8 Å². The van der Waals surface area contributed by atoms with Crippen LogP contribution in [0, 0.1) is 0 Å². The van der Waals surface area contributed by atoms with Crippen molar-refractivity contribution >= 4 is 5.97 Å². The summed E-state index contributed by atoms with van der Waals surface area (Å²) >= 11 is 0. The highest BCUT2D eigenvalue weighted by molar-refractivity contribution is 5.76. The van der Waals surface area contributed by atoms with Gasteiger partial charge in [-0.2, -0.15) is 13.9 Å². The summed E-state index contributed by atoms with van der Waals surface area (Å²) in [4.78, 5) is 10.5. The molecule has 94 valence electrons. The molecule has 0 spiro atoms. The molecule has 0 amide bonds. The molecule has 0 bridgehead atoms. The Hall–Kier alpha value is -2.24. The average Bonchev–Trinajstić information content (AvgIpc) is 2.82. The van der Waals surface area contributed by atoms with Crippen LogP contribution in [0.3, 0.4) is 0 Å². The van der Waals surface area contributed by atoms with Crippen LogP contribution in [0.25, 0.3) is 5.69 Å². The number of para-hydroxylation sites is 1. The molecule has 0 saturated carbocycles. The van der Waals surface area contributed by atoms with Crippen molar-refractivity contribution in [2.45, 2.75) is 12.3 Å². The zero-order valence-electron chi connectivity index (χ0n) is 9.25. The van der Waals surface area contributed by atoms with Gasteiger partial charge in [-0.15, -0.1) is 0 Å². The monoisotopic (exact) mass is 252 g/mol. The minimum absolute atomic E-state index is 0.230. The van der Waals surface area contributed by atoms with Gasteiger partial charge in [-0.05, 0) is 17.7 Å². The summed E-state index contributed by atoms with van der Waals surface area (Å²) in [7, 11) is 0. The Morgan fingerprint density at radius 3 is 2.67 bits per heavy atom. The van der Waals surface area contributed by atoms with Crippen LogP contribution in [-0.2, 0) is 11.2 Å². The largest absolute Gasteiger partial charge is 0.477 e. The summed E-state index contributed by atoms with van der Waals surface area (Å²) in [6.07, 6.45) is 2.27. The number of nitrogens with zero attached hydrogens (tertiary/aromatic N) is 2. The van der Waals surface area contributed by atoms with E-state index in [-0.39, 0.29) is 5.56 Å². The third kappa shape index (κ3) is 2.37. The molecule has 6 heteroatoms. The molecule has 4 nitrogen and oxygen atoms in total. The lowest BCUT2D eigenvalue weighted by molar-refractivity contribution is -0.164. The molecule has 2 aromatic rings. The summed E-state index contributed by atoms with van der Waals surface area (Å²) in [6, 6.07) is 8.00. The molecule has 0 atom stereocenters. The topological polar surface area (TPSA) is 55.1 Å². The number of hydrogen-bond acceptors (Lipinski definition) is 2. The van der Waals surface area contributed by atoms with Crippen LogP contribution < -0.4 is 0 Å².